The predicted molar refractivity (Wildman–Crippen MR) is 75.5 cm³/mol. The summed E-state index contributed by atoms with van der Waals surface area (Å²) in [6, 6.07) is 6.95. The molecule has 4 heteroatoms. The number of carbonyl (C=O) groups excluding carboxylic acids is 1. The Labute approximate surface area is 116 Å². The second kappa shape index (κ2) is 4.57. The van der Waals surface area contributed by atoms with Gasteiger partial charge in [0, 0.05) is 29.2 Å². The van der Waals surface area contributed by atoms with Crippen LogP contribution in [0.15, 0.2) is 22.7 Å². The number of nitrogens with zero attached hydrogens (tertiary/aromatic N) is 1. The van der Waals surface area contributed by atoms with Crippen LogP contribution in [0.4, 0.5) is 5.69 Å². The summed E-state index contributed by atoms with van der Waals surface area (Å²) < 4.78 is 1.08. The van der Waals surface area contributed by atoms with E-state index in [1.165, 1.54) is 11.3 Å². The number of fused-ring (bicyclic) bond motifs is 1. The highest BCUT2D eigenvalue weighted by atomic mass is 79.9. The van der Waals surface area contributed by atoms with Crippen LogP contribution in [0.5, 0.6) is 0 Å². The van der Waals surface area contributed by atoms with Crippen molar-refractivity contribution in [2.45, 2.75) is 38.3 Å². The number of hydrogen-bond donors (Lipinski definition) is 1. The van der Waals surface area contributed by atoms with Crippen molar-refractivity contribution in [1.29, 1.82) is 0 Å². The van der Waals surface area contributed by atoms with Crippen LogP contribution in [-0.4, -0.2) is 23.4 Å². The quantitative estimate of drug-likeness (QED) is 0.863. The molecule has 0 bridgehead atoms. The number of anilines is 1. The van der Waals surface area contributed by atoms with E-state index in [2.05, 4.69) is 45.2 Å². The minimum absolute atomic E-state index is 0.240. The van der Waals surface area contributed by atoms with E-state index in [9.17, 15) is 4.79 Å². The molecule has 0 radical (unpaired) electrons. The zero-order valence-corrected chi connectivity index (χ0v) is 12.0. The molecule has 2 atom stereocenters. The molecule has 0 saturated carbocycles. The van der Waals surface area contributed by atoms with Crippen molar-refractivity contribution in [1.82, 2.24) is 4.90 Å². The van der Waals surface area contributed by atoms with Gasteiger partial charge < -0.3 is 10.2 Å². The van der Waals surface area contributed by atoms with Gasteiger partial charge in [-0.3, -0.25) is 4.79 Å². The number of nitrogens with one attached hydrogen (secondary N) is 1. The van der Waals surface area contributed by atoms with Crippen molar-refractivity contribution in [3.05, 3.63) is 28.2 Å². The van der Waals surface area contributed by atoms with E-state index >= 15 is 0 Å². The average Bonchev–Trinajstić information content (AvgIpc) is 2.75. The van der Waals surface area contributed by atoms with E-state index in [1.807, 2.05) is 6.07 Å². The fourth-order valence-electron chi connectivity index (χ4n) is 3.02. The second-order valence-electron chi connectivity index (χ2n) is 5.22. The van der Waals surface area contributed by atoms with E-state index in [-0.39, 0.29) is 6.04 Å². The number of rotatable bonds is 1. The topological polar surface area (TPSA) is 32.3 Å². The molecule has 2 heterocycles. The van der Waals surface area contributed by atoms with Crippen LogP contribution in [0, 0.1) is 0 Å². The first kappa shape index (κ1) is 12.0. The highest BCUT2D eigenvalue weighted by Crippen LogP contribution is 2.39. The Morgan fingerprint density at radius 3 is 3.00 bits per heavy atom. The lowest BCUT2D eigenvalue weighted by Gasteiger charge is -2.37. The molecule has 1 N–H and O–H groups in total. The molecule has 2 aliphatic heterocycles. The molecule has 1 aromatic carbocycles. The molecular formula is C14H17BrN2O. The van der Waals surface area contributed by atoms with E-state index in [1.54, 1.807) is 0 Å². The summed E-state index contributed by atoms with van der Waals surface area (Å²) >= 11 is 3.53. The average molecular weight is 309 g/mol. The first-order valence-corrected chi connectivity index (χ1v) is 7.30. The Kier molecular flexibility index (Phi) is 3.06. The zero-order chi connectivity index (χ0) is 12.7. The molecule has 0 spiro atoms. The molecule has 1 fully saturated rings. The van der Waals surface area contributed by atoms with E-state index in [0.29, 0.717) is 18.4 Å². The molecule has 3 nitrogen and oxygen atoms in total. The summed E-state index contributed by atoms with van der Waals surface area (Å²) in [4.78, 5) is 14.0. The van der Waals surface area contributed by atoms with Crippen LogP contribution in [0.1, 0.15) is 37.8 Å². The molecule has 18 heavy (non-hydrogen) atoms. The van der Waals surface area contributed by atoms with Gasteiger partial charge in [-0.15, -0.1) is 0 Å². The summed E-state index contributed by atoms with van der Waals surface area (Å²) in [7, 11) is 0. The van der Waals surface area contributed by atoms with Gasteiger partial charge in [-0.1, -0.05) is 15.9 Å². The van der Waals surface area contributed by atoms with E-state index < -0.39 is 0 Å². The van der Waals surface area contributed by atoms with Crippen molar-refractivity contribution in [2.24, 2.45) is 0 Å². The maximum absolute atomic E-state index is 12.0. The van der Waals surface area contributed by atoms with Crippen LogP contribution in [0.25, 0.3) is 0 Å². The number of likely N-dealkylation sites (tertiary alicyclic amines) is 1. The maximum atomic E-state index is 12.0. The zero-order valence-electron chi connectivity index (χ0n) is 10.4. The number of halogens is 1. The summed E-state index contributed by atoms with van der Waals surface area (Å²) in [5.41, 5.74) is 2.42. The molecular weight excluding hydrogens is 292 g/mol. The summed E-state index contributed by atoms with van der Waals surface area (Å²) in [6.45, 7) is 3.08. The largest absolute Gasteiger partial charge is 0.382 e. The number of hydrogen-bond acceptors (Lipinski definition) is 2. The molecule has 0 aromatic heterocycles. The highest BCUT2D eigenvalue weighted by Gasteiger charge is 2.34. The normalized spacial score (nSPS) is 27.0. The van der Waals surface area contributed by atoms with Gasteiger partial charge in [0.1, 0.15) is 0 Å². The Balaban J connectivity index is 2.00. The van der Waals surface area contributed by atoms with Crippen LogP contribution in [0.3, 0.4) is 0 Å². The number of carbonyl (C=O) groups is 1. The van der Waals surface area contributed by atoms with Gasteiger partial charge in [0.15, 0.2) is 0 Å². The lowest BCUT2D eigenvalue weighted by molar-refractivity contribution is -0.130. The molecule has 0 aliphatic carbocycles. The van der Waals surface area contributed by atoms with Gasteiger partial charge in [0.05, 0.1) is 6.04 Å². The lowest BCUT2D eigenvalue weighted by Crippen LogP contribution is -2.37. The minimum atomic E-state index is 0.240. The summed E-state index contributed by atoms with van der Waals surface area (Å²) in [5, 5.41) is 3.50. The fourth-order valence-corrected chi connectivity index (χ4v) is 3.40. The Bertz CT molecular complexity index is 489. The standard InChI is InChI=1S/C14H17BrN2O/c1-9-7-13(17-6-2-3-14(17)18)11-8-10(15)4-5-12(11)16-9/h4-5,8-9,13,16H,2-3,6-7H2,1H3/t9-,13+/m1/s1. The monoisotopic (exact) mass is 308 g/mol. The third-order valence-electron chi connectivity index (χ3n) is 3.84. The maximum Gasteiger partial charge on any atom is 0.223 e. The Morgan fingerprint density at radius 2 is 2.28 bits per heavy atom. The molecule has 1 amide bonds. The molecule has 1 aromatic rings. The van der Waals surface area contributed by atoms with Crippen LogP contribution in [-0.2, 0) is 4.79 Å². The van der Waals surface area contributed by atoms with Gasteiger partial charge in [0.2, 0.25) is 5.91 Å². The number of amides is 1. The molecule has 3 rings (SSSR count). The predicted octanol–water partition coefficient (Wildman–Crippen LogP) is 3.32. The number of benzene rings is 1. The second-order valence-corrected chi connectivity index (χ2v) is 6.13. The van der Waals surface area contributed by atoms with Crippen molar-refractivity contribution in [3.63, 3.8) is 0 Å². The smallest absolute Gasteiger partial charge is 0.223 e. The van der Waals surface area contributed by atoms with E-state index in [0.717, 1.165) is 23.9 Å². The minimum Gasteiger partial charge on any atom is -0.382 e. The van der Waals surface area contributed by atoms with E-state index in [4.69, 9.17) is 0 Å². The SMILES string of the molecule is C[C@@H]1C[C@H](N2CCCC2=O)c2cc(Br)ccc2N1. The van der Waals surface area contributed by atoms with Gasteiger partial charge >= 0.3 is 0 Å². The summed E-state index contributed by atoms with van der Waals surface area (Å²) in [5.74, 6) is 0.306. The molecule has 0 unspecified atom stereocenters. The Morgan fingerprint density at radius 1 is 1.44 bits per heavy atom. The van der Waals surface area contributed by atoms with Gasteiger partial charge in [-0.2, -0.15) is 0 Å². The van der Waals surface area contributed by atoms with Crippen LogP contribution < -0.4 is 5.32 Å². The van der Waals surface area contributed by atoms with Crippen LogP contribution in [0.2, 0.25) is 0 Å². The first-order valence-electron chi connectivity index (χ1n) is 6.50. The summed E-state index contributed by atoms with van der Waals surface area (Å²) in [6.07, 6.45) is 2.71. The third kappa shape index (κ3) is 2.03. The van der Waals surface area contributed by atoms with Gasteiger partial charge in [0.25, 0.3) is 0 Å². The highest BCUT2D eigenvalue weighted by molar-refractivity contribution is 9.10. The first-order chi connectivity index (χ1) is 8.65. The van der Waals surface area contributed by atoms with Crippen molar-refractivity contribution >= 4 is 27.5 Å². The van der Waals surface area contributed by atoms with Gasteiger partial charge in [-0.05, 0) is 43.5 Å². The van der Waals surface area contributed by atoms with Crippen molar-refractivity contribution in [3.8, 4) is 0 Å². The van der Waals surface area contributed by atoms with Crippen molar-refractivity contribution in [2.75, 3.05) is 11.9 Å². The molecule has 2 aliphatic rings. The van der Waals surface area contributed by atoms with Gasteiger partial charge in [-0.25, -0.2) is 0 Å². The fraction of sp³-hybridized carbons (Fsp3) is 0.500. The Hall–Kier alpha value is -1.03. The third-order valence-corrected chi connectivity index (χ3v) is 4.33. The van der Waals surface area contributed by atoms with Crippen molar-refractivity contribution < 1.29 is 4.79 Å². The van der Waals surface area contributed by atoms with Crippen LogP contribution >= 0.6 is 15.9 Å². The molecule has 96 valence electrons. The lowest BCUT2D eigenvalue weighted by atomic mass is 9.92. The molecule has 1 saturated heterocycles.